The summed E-state index contributed by atoms with van der Waals surface area (Å²) in [6.45, 7) is 1.85. The van der Waals surface area contributed by atoms with Gasteiger partial charge in [0.2, 0.25) is 0 Å². The van der Waals surface area contributed by atoms with Crippen molar-refractivity contribution in [3.63, 3.8) is 0 Å². The van der Waals surface area contributed by atoms with Gasteiger partial charge >= 0.3 is 5.97 Å². The Bertz CT molecular complexity index is 301. The Morgan fingerprint density at radius 1 is 1.46 bits per heavy atom. The molecule has 6 heteroatoms. The Balaban J connectivity index is 4.62. The Kier molecular flexibility index (Phi) is 4.64. The molecule has 0 saturated heterocycles. The molecule has 0 saturated carbocycles. The highest BCUT2D eigenvalue weighted by Crippen LogP contribution is 2.09. The van der Waals surface area contributed by atoms with Gasteiger partial charge in [-0.05, 0) is 12.8 Å². The van der Waals surface area contributed by atoms with E-state index in [4.69, 9.17) is 9.66 Å². The second kappa shape index (κ2) is 4.98. The van der Waals surface area contributed by atoms with Gasteiger partial charge in [-0.15, -0.1) is 0 Å². The summed E-state index contributed by atoms with van der Waals surface area (Å²) in [4.78, 5) is 10.4. The Labute approximate surface area is 76.8 Å². The number of carboxylic acid groups (broad SMARTS) is 1. The monoisotopic (exact) mass is 208 g/mol. The molecule has 0 aliphatic carbocycles. The summed E-state index contributed by atoms with van der Waals surface area (Å²) >= 11 is 0. The largest absolute Gasteiger partial charge is 0.478 e. The number of unbranched alkanes of at least 4 members (excludes halogenated alkanes) is 1. The Morgan fingerprint density at radius 2 is 2.00 bits per heavy atom. The molecule has 0 rings (SSSR count). The molecule has 0 aliphatic heterocycles. The predicted octanol–water partition coefficient (Wildman–Crippen LogP) is 1.03. The van der Waals surface area contributed by atoms with Gasteiger partial charge in [0.25, 0.3) is 10.1 Å². The first kappa shape index (κ1) is 12.1. The fourth-order valence-electron chi connectivity index (χ4n) is 0.763. The van der Waals surface area contributed by atoms with Crippen LogP contribution in [0.4, 0.5) is 0 Å². The van der Waals surface area contributed by atoms with Crippen LogP contribution in [0.3, 0.4) is 0 Å². The number of aliphatic carboxylic acids is 1. The third-order valence-electron chi connectivity index (χ3n) is 1.37. The topological polar surface area (TPSA) is 91.7 Å². The van der Waals surface area contributed by atoms with Crippen LogP contribution in [-0.4, -0.2) is 24.0 Å². The second-order valence-electron chi connectivity index (χ2n) is 2.57. The molecule has 0 aromatic carbocycles. The fourth-order valence-corrected chi connectivity index (χ4v) is 1.34. The van der Waals surface area contributed by atoms with Crippen LogP contribution in [0.1, 0.15) is 26.2 Å². The molecule has 0 fully saturated rings. The van der Waals surface area contributed by atoms with Crippen LogP contribution in [0.25, 0.3) is 0 Å². The van der Waals surface area contributed by atoms with Crippen molar-refractivity contribution in [2.45, 2.75) is 26.2 Å². The van der Waals surface area contributed by atoms with Crippen LogP contribution in [0.5, 0.6) is 0 Å². The van der Waals surface area contributed by atoms with E-state index in [1.54, 1.807) is 0 Å². The molecule has 0 aromatic heterocycles. The normalized spacial score (nSPS) is 12.9. The van der Waals surface area contributed by atoms with Gasteiger partial charge in [-0.2, -0.15) is 8.42 Å². The van der Waals surface area contributed by atoms with E-state index in [-0.39, 0.29) is 12.0 Å². The van der Waals surface area contributed by atoms with E-state index >= 15 is 0 Å². The lowest BCUT2D eigenvalue weighted by Crippen LogP contribution is -2.04. The highest BCUT2D eigenvalue weighted by Gasteiger charge is 2.10. The molecule has 2 N–H and O–H groups in total. The highest BCUT2D eigenvalue weighted by molar-refractivity contribution is 7.88. The molecule has 0 aliphatic rings. The minimum Gasteiger partial charge on any atom is -0.478 e. The molecule has 0 amide bonds. The van der Waals surface area contributed by atoms with Crippen LogP contribution >= 0.6 is 0 Å². The van der Waals surface area contributed by atoms with Gasteiger partial charge in [-0.1, -0.05) is 13.3 Å². The van der Waals surface area contributed by atoms with Crippen LogP contribution < -0.4 is 0 Å². The summed E-state index contributed by atoms with van der Waals surface area (Å²) in [6, 6.07) is 0. The summed E-state index contributed by atoms with van der Waals surface area (Å²) in [5.41, 5.74) is -0.288. The highest BCUT2D eigenvalue weighted by atomic mass is 32.2. The molecule has 0 heterocycles. The summed E-state index contributed by atoms with van der Waals surface area (Å²) in [7, 11) is -4.34. The number of hydrogen-bond donors (Lipinski definition) is 2. The summed E-state index contributed by atoms with van der Waals surface area (Å²) < 4.78 is 29.0. The third-order valence-corrected chi connectivity index (χ3v) is 1.95. The van der Waals surface area contributed by atoms with Crippen LogP contribution in [0, 0.1) is 0 Å². The Morgan fingerprint density at radius 3 is 2.31 bits per heavy atom. The van der Waals surface area contributed by atoms with Gasteiger partial charge in [-0.25, -0.2) is 4.79 Å². The molecule has 0 unspecified atom stereocenters. The maximum atomic E-state index is 10.4. The van der Waals surface area contributed by atoms with Gasteiger partial charge in [0.1, 0.15) is 0 Å². The molecule has 13 heavy (non-hydrogen) atoms. The van der Waals surface area contributed by atoms with Gasteiger partial charge in [0, 0.05) is 0 Å². The van der Waals surface area contributed by atoms with Gasteiger partial charge < -0.3 is 5.11 Å². The van der Waals surface area contributed by atoms with Crippen molar-refractivity contribution in [1.29, 1.82) is 0 Å². The zero-order chi connectivity index (χ0) is 10.5. The SMILES string of the molecule is CCCC/C(=C\S(=O)(=O)O)C(=O)O. The smallest absolute Gasteiger partial charge is 0.332 e. The van der Waals surface area contributed by atoms with Crippen molar-refractivity contribution in [2.24, 2.45) is 0 Å². The predicted molar refractivity (Wildman–Crippen MR) is 46.8 cm³/mol. The van der Waals surface area contributed by atoms with E-state index in [0.29, 0.717) is 11.8 Å². The van der Waals surface area contributed by atoms with E-state index in [9.17, 15) is 13.2 Å². The maximum absolute atomic E-state index is 10.4. The number of rotatable bonds is 5. The van der Waals surface area contributed by atoms with Crippen molar-refractivity contribution in [3.05, 3.63) is 11.0 Å². The number of carbonyl (C=O) groups is 1. The van der Waals surface area contributed by atoms with Crippen molar-refractivity contribution >= 4 is 16.1 Å². The van der Waals surface area contributed by atoms with E-state index < -0.39 is 16.1 Å². The summed E-state index contributed by atoms with van der Waals surface area (Å²) in [5, 5.41) is 8.90. The van der Waals surface area contributed by atoms with Crippen molar-refractivity contribution in [2.75, 3.05) is 0 Å². The molecule has 0 bridgehead atoms. The quantitative estimate of drug-likeness (QED) is 0.520. The van der Waals surface area contributed by atoms with Crippen molar-refractivity contribution in [3.8, 4) is 0 Å². The van der Waals surface area contributed by atoms with E-state index in [1.807, 2.05) is 6.92 Å². The maximum Gasteiger partial charge on any atom is 0.332 e. The third kappa shape index (κ3) is 6.30. The summed E-state index contributed by atoms with van der Waals surface area (Å²) in [5.74, 6) is -1.31. The molecular weight excluding hydrogens is 196 g/mol. The van der Waals surface area contributed by atoms with Gasteiger partial charge in [0.15, 0.2) is 0 Å². The lowest BCUT2D eigenvalue weighted by atomic mass is 10.1. The zero-order valence-electron chi connectivity index (χ0n) is 7.23. The standard InChI is InChI=1S/C7H12O5S/c1-2-3-4-6(7(8)9)5-13(10,11)12/h5H,2-4H2,1H3,(H,8,9)(H,10,11,12)/b6-5+. The van der Waals surface area contributed by atoms with E-state index in [0.717, 1.165) is 6.42 Å². The lowest BCUT2D eigenvalue weighted by Gasteiger charge is -1.98. The minimum absolute atomic E-state index is 0.144. The zero-order valence-corrected chi connectivity index (χ0v) is 8.04. The average Bonchev–Trinajstić information content (AvgIpc) is 1.95. The number of hydrogen-bond acceptors (Lipinski definition) is 3. The molecule has 0 atom stereocenters. The molecule has 5 nitrogen and oxygen atoms in total. The first-order valence-corrected chi connectivity index (χ1v) is 5.28. The Hall–Kier alpha value is -0.880. The van der Waals surface area contributed by atoms with Gasteiger partial charge in [-0.3, -0.25) is 4.55 Å². The molecular formula is C7H12O5S. The average molecular weight is 208 g/mol. The number of carboxylic acids is 1. The summed E-state index contributed by atoms with van der Waals surface area (Å²) in [6.07, 6.45) is 1.48. The fraction of sp³-hybridized carbons (Fsp3) is 0.571. The van der Waals surface area contributed by atoms with E-state index in [1.165, 1.54) is 0 Å². The van der Waals surface area contributed by atoms with Crippen LogP contribution in [-0.2, 0) is 14.9 Å². The molecule has 0 radical (unpaired) electrons. The molecule has 0 aromatic rings. The van der Waals surface area contributed by atoms with Crippen molar-refractivity contribution < 1.29 is 22.9 Å². The lowest BCUT2D eigenvalue weighted by molar-refractivity contribution is -0.132. The first-order chi connectivity index (χ1) is 5.87. The van der Waals surface area contributed by atoms with Crippen LogP contribution in [0.2, 0.25) is 0 Å². The van der Waals surface area contributed by atoms with E-state index in [2.05, 4.69) is 0 Å². The van der Waals surface area contributed by atoms with Gasteiger partial charge in [0.05, 0.1) is 11.0 Å². The second-order valence-corrected chi connectivity index (χ2v) is 3.83. The van der Waals surface area contributed by atoms with Crippen molar-refractivity contribution in [1.82, 2.24) is 0 Å². The minimum atomic E-state index is -4.34. The molecule has 76 valence electrons. The van der Waals surface area contributed by atoms with Crippen LogP contribution in [0.15, 0.2) is 11.0 Å². The first-order valence-electron chi connectivity index (χ1n) is 3.78. The molecule has 0 spiro atoms.